The van der Waals surface area contributed by atoms with Gasteiger partial charge in [0, 0.05) is 18.8 Å². The first-order chi connectivity index (χ1) is 11.7. The minimum absolute atomic E-state index is 0.0117. The maximum absolute atomic E-state index is 12.5. The minimum atomic E-state index is -0.661. The molecule has 0 amide bonds. The average Bonchev–Trinajstić information content (AvgIpc) is 2.84. The second-order valence-corrected chi connectivity index (χ2v) is 9.71. The lowest BCUT2D eigenvalue weighted by Gasteiger charge is -2.64. The van der Waals surface area contributed by atoms with Gasteiger partial charge in [0.15, 0.2) is 0 Å². The van der Waals surface area contributed by atoms with E-state index in [9.17, 15) is 14.7 Å². The summed E-state index contributed by atoms with van der Waals surface area (Å²) in [6, 6.07) is 0. The highest BCUT2D eigenvalue weighted by atomic mass is 16.5. The molecule has 4 saturated carbocycles. The largest absolute Gasteiger partial charge is 0.463 e. The van der Waals surface area contributed by atoms with Crippen LogP contribution in [0.2, 0.25) is 0 Å². The van der Waals surface area contributed by atoms with Crippen molar-refractivity contribution in [3.63, 3.8) is 0 Å². The number of fused-ring (bicyclic) bond motifs is 5. The minimum Gasteiger partial charge on any atom is -0.463 e. The molecule has 4 aliphatic carbocycles. The summed E-state index contributed by atoms with van der Waals surface area (Å²) >= 11 is 0. The number of carbonyl (C=O) groups excluding carboxylic acids is 2. The molecule has 4 heteroatoms. The normalized spacial score (nSPS) is 52.1. The van der Waals surface area contributed by atoms with E-state index >= 15 is 0 Å². The zero-order chi connectivity index (χ0) is 18.0. The summed E-state index contributed by atoms with van der Waals surface area (Å²) in [6.07, 6.45) is 7.99. The number of aliphatic hydroxyl groups is 1. The molecule has 140 valence electrons. The van der Waals surface area contributed by atoms with E-state index in [1.807, 2.05) is 0 Å². The Morgan fingerprint density at radius 1 is 1.08 bits per heavy atom. The van der Waals surface area contributed by atoms with Crippen molar-refractivity contribution >= 4 is 11.8 Å². The molecule has 0 aromatic carbocycles. The monoisotopic (exact) mass is 348 g/mol. The third-order valence-corrected chi connectivity index (χ3v) is 8.84. The Labute approximate surface area is 150 Å². The Bertz CT molecular complexity index is 601. The number of carbonyl (C=O) groups is 2. The SMILES string of the molecule is CC(=O)O[C@@H]1CC[C@@]2(C)[C@H](CCC3C4CCC(=O)[C@@]4(C)CC[C@@]32O)C1. The van der Waals surface area contributed by atoms with E-state index in [0.717, 1.165) is 51.4 Å². The average molecular weight is 348 g/mol. The molecule has 1 N–H and O–H groups in total. The Balaban J connectivity index is 1.61. The highest BCUT2D eigenvalue weighted by molar-refractivity contribution is 5.87. The van der Waals surface area contributed by atoms with E-state index in [-0.39, 0.29) is 28.8 Å². The van der Waals surface area contributed by atoms with Crippen LogP contribution in [0.4, 0.5) is 0 Å². The van der Waals surface area contributed by atoms with E-state index in [2.05, 4.69) is 13.8 Å². The van der Waals surface area contributed by atoms with E-state index < -0.39 is 5.60 Å². The molecule has 4 rings (SSSR count). The van der Waals surface area contributed by atoms with Crippen LogP contribution in [0.15, 0.2) is 0 Å². The molecule has 0 aromatic heterocycles. The highest BCUT2D eigenvalue weighted by Crippen LogP contribution is 2.67. The topological polar surface area (TPSA) is 63.6 Å². The third kappa shape index (κ3) is 2.28. The number of hydrogen-bond acceptors (Lipinski definition) is 4. The zero-order valence-electron chi connectivity index (χ0n) is 15.8. The van der Waals surface area contributed by atoms with Crippen molar-refractivity contribution in [2.75, 3.05) is 0 Å². The van der Waals surface area contributed by atoms with Crippen molar-refractivity contribution in [3.05, 3.63) is 0 Å². The lowest BCUT2D eigenvalue weighted by atomic mass is 9.43. The first-order valence-corrected chi connectivity index (χ1v) is 10.1. The number of ether oxygens (including phenoxy) is 1. The van der Waals surface area contributed by atoms with Crippen molar-refractivity contribution in [1.82, 2.24) is 0 Å². The van der Waals surface area contributed by atoms with Gasteiger partial charge in [-0.25, -0.2) is 0 Å². The lowest BCUT2D eigenvalue weighted by Crippen LogP contribution is -2.65. The number of hydrogen-bond donors (Lipinski definition) is 1. The molecule has 0 radical (unpaired) electrons. The lowest BCUT2D eigenvalue weighted by molar-refractivity contribution is -0.237. The van der Waals surface area contributed by atoms with Crippen LogP contribution < -0.4 is 0 Å². The van der Waals surface area contributed by atoms with Gasteiger partial charge >= 0.3 is 5.97 Å². The Kier molecular flexibility index (Phi) is 3.89. The molecule has 7 atom stereocenters. The predicted molar refractivity (Wildman–Crippen MR) is 93.7 cm³/mol. The molecule has 0 bridgehead atoms. The Morgan fingerprint density at radius 2 is 1.84 bits per heavy atom. The van der Waals surface area contributed by atoms with Crippen LogP contribution in [0.25, 0.3) is 0 Å². The number of ketones is 1. The van der Waals surface area contributed by atoms with E-state index in [0.29, 0.717) is 24.0 Å². The second kappa shape index (κ2) is 5.55. The molecule has 2 unspecified atom stereocenters. The van der Waals surface area contributed by atoms with Gasteiger partial charge < -0.3 is 9.84 Å². The number of esters is 1. The van der Waals surface area contributed by atoms with Crippen LogP contribution in [0.3, 0.4) is 0 Å². The summed E-state index contributed by atoms with van der Waals surface area (Å²) in [5.41, 5.74) is -0.972. The second-order valence-electron chi connectivity index (χ2n) is 9.71. The van der Waals surface area contributed by atoms with Crippen LogP contribution in [-0.2, 0) is 14.3 Å². The fourth-order valence-corrected chi connectivity index (χ4v) is 7.27. The van der Waals surface area contributed by atoms with E-state index in [1.54, 1.807) is 0 Å². The van der Waals surface area contributed by atoms with Crippen LogP contribution in [-0.4, -0.2) is 28.6 Å². The van der Waals surface area contributed by atoms with Gasteiger partial charge in [0.05, 0.1) is 5.60 Å². The summed E-state index contributed by atoms with van der Waals surface area (Å²) in [5, 5.41) is 11.9. The van der Waals surface area contributed by atoms with Crippen LogP contribution in [0.1, 0.15) is 78.6 Å². The van der Waals surface area contributed by atoms with Gasteiger partial charge in [-0.05, 0) is 74.5 Å². The maximum atomic E-state index is 12.5. The van der Waals surface area contributed by atoms with Crippen LogP contribution in [0, 0.1) is 28.6 Å². The van der Waals surface area contributed by atoms with E-state index in [4.69, 9.17) is 4.74 Å². The molecule has 0 heterocycles. The molecule has 4 aliphatic rings. The number of Topliss-reactive ketones (excluding diaryl/α,β-unsaturated/α-hetero) is 1. The molecule has 0 spiro atoms. The van der Waals surface area contributed by atoms with Crippen molar-refractivity contribution < 1.29 is 19.4 Å². The van der Waals surface area contributed by atoms with Crippen molar-refractivity contribution in [2.24, 2.45) is 28.6 Å². The summed E-state index contributed by atoms with van der Waals surface area (Å²) in [4.78, 5) is 23.8. The molecular formula is C21H32O4. The summed E-state index contributed by atoms with van der Waals surface area (Å²) in [5.74, 6) is 1.24. The molecular weight excluding hydrogens is 316 g/mol. The fraction of sp³-hybridized carbons (Fsp3) is 0.905. The van der Waals surface area contributed by atoms with Gasteiger partial charge in [0.1, 0.15) is 11.9 Å². The summed E-state index contributed by atoms with van der Waals surface area (Å²) in [6.45, 7) is 5.91. The molecule has 4 nitrogen and oxygen atoms in total. The van der Waals surface area contributed by atoms with Crippen molar-refractivity contribution in [2.45, 2.75) is 90.3 Å². The molecule has 4 fully saturated rings. The first-order valence-electron chi connectivity index (χ1n) is 10.1. The van der Waals surface area contributed by atoms with Gasteiger partial charge in [0.2, 0.25) is 0 Å². The molecule has 25 heavy (non-hydrogen) atoms. The van der Waals surface area contributed by atoms with Crippen LogP contribution in [0.5, 0.6) is 0 Å². The smallest absolute Gasteiger partial charge is 0.302 e. The number of rotatable bonds is 1. The Hall–Kier alpha value is -0.900. The maximum Gasteiger partial charge on any atom is 0.302 e. The molecule has 0 saturated heterocycles. The standard InChI is InChI=1S/C21H32O4/c1-13(22)25-15-8-9-20(3)14(12-15)4-5-17-16-6-7-18(23)19(16,2)10-11-21(17,20)24/h14-17,24H,4-12H2,1-3H3/t14-,15-,16?,17?,19+,20+,21-/m1/s1. The molecule has 0 aliphatic heterocycles. The van der Waals surface area contributed by atoms with Gasteiger partial charge in [-0.2, -0.15) is 0 Å². The third-order valence-electron chi connectivity index (χ3n) is 8.84. The van der Waals surface area contributed by atoms with Crippen molar-refractivity contribution in [3.8, 4) is 0 Å². The van der Waals surface area contributed by atoms with Gasteiger partial charge in [-0.1, -0.05) is 13.8 Å². The zero-order valence-corrected chi connectivity index (χ0v) is 15.8. The highest BCUT2D eigenvalue weighted by Gasteiger charge is 2.67. The van der Waals surface area contributed by atoms with Gasteiger partial charge in [-0.15, -0.1) is 0 Å². The van der Waals surface area contributed by atoms with Crippen LogP contribution >= 0.6 is 0 Å². The fourth-order valence-electron chi connectivity index (χ4n) is 7.27. The first kappa shape index (κ1) is 17.5. The van der Waals surface area contributed by atoms with Gasteiger partial charge in [-0.3, -0.25) is 9.59 Å². The van der Waals surface area contributed by atoms with Gasteiger partial charge in [0.25, 0.3) is 0 Å². The summed E-state index contributed by atoms with van der Waals surface area (Å²) < 4.78 is 5.49. The molecule has 0 aromatic rings. The predicted octanol–water partition coefficient (Wildman–Crippen LogP) is 3.64. The Morgan fingerprint density at radius 3 is 2.56 bits per heavy atom. The quantitative estimate of drug-likeness (QED) is 0.735. The van der Waals surface area contributed by atoms with E-state index in [1.165, 1.54) is 6.92 Å². The van der Waals surface area contributed by atoms with Crippen molar-refractivity contribution in [1.29, 1.82) is 0 Å². The summed E-state index contributed by atoms with van der Waals surface area (Å²) in [7, 11) is 0.